The lowest BCUT2D eigenvalue weighted by Gasteiger charge is -2.21. The van der Waals surface area contributed by atoms with Crippen LogP contribution in [0.1, 0.15) is 25.8 Å². The third-order valence-corrected chi connectivity index (χ3v) is 2.49. The van der Waals surface area contributed by atoms with Gasteiger partial charge in [0.05, 0.1) is 12.3 Å². The van der Waals surface area contributed by atoms with Crippen molar-refractivity contribution in [2.75, 3.05) is 6.61 Å². The van der Waals surface area contributed by atoms with Crippen molar-refractivity contribution in [3.63, 3.8) is 0 Å². The highest BCUT2D eigenvalue weighted by Gasteiger charge is 2.16. The maximum absolute atomic E-state index is 6.09. The van der Waals surface area contributed by atoms with Crippen LogP contribution in [0.3, 0.4) is 0 Å². The fourth-order valence-electron chi connectivity index (χ4n) is 1.74. The Morgan fingerprint density at radius 3 is 2.73 bits per heavy atom. The number of aryl methyl sites for hydroxylation is 1. The molecule has 2 atom stereocenters. The fraction of sp³-hybridized carbons (Fsp3) is 0.727. The predicted octanol–water partition coefficient (Wildman–Crippen LogP) is 1.10. The quantitative estimate of drug-likeness (QED) is 0.766. The molecule has 0 radical (unpaired) electrons. The zero-order valence-electron chi connectivity index (χ0n) is 9.81. The van der Waals surface area contributed by atoms with Crippen molar-refractivity contribution in [1.82, 2.24) is 9.78 Å². The van der Waals surface area contributed by atoms with E-state index in [9.17, 15) is 0 Å². The van der Waals surface area contributed by atoms with E-state index >= 15 is 0 Å². The van der Waals surface area contributed by atoms with Gasteiger partial charge in [0.25, 0.3) is 0 Å². The molecule has 86 valence electrons. The molecule has 0 aromatic carbocycles. The van der Waals surface area contributed by atoms with Crippen molar-refractivity contribution in [2.24, 2.45) is 12.8 Å². The highest BCUT2D eigenvalue weighted by Crippen LogP contribution is 2.08. The van der Waals surface area contributed by atoms with Gasteiger partial charge in [0, 0.05) is 25.9 Å². The monoisotopic (exact) mass is 211 g/mol. The lowest BCUT2D eigenvalue weighted by atomic mass is 10.0. The Morgan fingerprint density at radius 1 is 1.53 bits per heavy atom. The number of nitrogens with zero attached hydrogens (tertiary/aromatic N) is 2. The molecular formula is C11H21N3O. The molecule has 4 heteroatoms. The van der Waals surface area contributed by atoms with Gasteiger partial charge >= 0.3 is 0 Å². The van der Waals surface area contributed by atoms with Crippen LogP contribution in [0, 0.1) is 0 Å². The van der Waals surface area contributed by atoms with Gasteiger partial charge in [-0.15, -0.1) is 0 Å². The van der Waals surface area contributed by atoms with Gasteiger partial charge < -0.3 is 10.5 Å². The summed E-state index contributed by atoms with van der Waals surface area (Å²) in [5.74, 6) is 0. The molecule has 2 unspecified atom stereocenters. The van der Waals surface area contributed by atoms with Crippen LogP contribution in [0.5, 0.6) is 0 Å². The second kappa shape index (κ2) is 5.88. The normalized spacial score (nSPS) is 15.2. The Morgan fingerprint density at radius 2 is 2.27 bits per heavy atom. The lowest BCUT2D eigenvalue weighted by Crippen LogP contribution is -2.38. The van der Waals surface area contributed by atoms with Gasteiger partial charge in [0.15, 0.2) is 0 Å². The zero-order chi connectivity index (χ0) is 11.3. The molecule has 0 spiro atoms. The second-order valence-electron chi connectivity index (χ2n) is 3.79. The summed E-state index contributed by atoms with van der Waals surface area (Å²) in [4.78, 5) is 0. The van der Waals surface area contributed by atoms with Crippen molar-refractivity contribution < 1.29 is 4.74 Å². The maximum atomic E-state index is 6.09. The number of hydrogen-bond acceptors (Lipinski definition) is 3. The zero-order valence-corrected chi connectivity index (χ0v) is 9.81. The molecule has 0 bridgehead atoms. The van der Waals surface area contributed by atoms with Crippen LogP contribution in [0.4, 0.5) is 0 Å². The van der Waals surface area contributed by atoms with E-state index in [0.717, 1.165) is 19.4 Å². The Hall–Kier alpha value is -0.870. The first-order valence-corrected chi connectivity index (χ1v) is 5.52. The standard InChI is InChI=1S/C11H21N3O/c1-4-11(15-5-2)10(12)6-9-7-13-14(3)8-9/h7-8,10-11H,4-6,12H2,1-3H3. The van der Waals surface area contributed by atoms with Crippen molar-refractivity contribution in [3.05, 3.63) is 18.0 Å². The summed E-state index contributed by atoms with van der Waals surface area (Å²) >= 11 is 0. The first kappa shape index (κ1) is 12.2. The average Bonchev–Trinajstić information content (AvgIpc) is 2.60. The van der Waals surface area contributed by atoms with E-state index in [1.54, 1.807) is 4.68 Å². The molecule has 0 aliphatic carbocycles. The lowest BCUT2D eigenvalue weighted by molar-refractivity contribution is 0.0417. The minimum absolute atomic E-state index is 0.0548. The summed E-state index contributed by atoms with van der Waals surface area (Å²) in [5.41, 5.74) is 7.26. The highest BCUT2D eigenvalue weighted by atomic mass is 16.5. The summed E-state index contributed by atoms with van der Waals surface area (Å²) in [5, 5.41) is 4.12. The molecule has 0 aliphatic rings. The Labute approximate surface area is 91.4 Å². The summed E-state index contributed by atoms with van der Waals surface area (Å²) in [7, 11) is 1.91. The van der Waals surface area contributed by atoms with Gasteiger partial charge in [-0.3, -0.25) is 4.68 Å². The van der Waals surface area contributed by atoms with Crippen molar-refractivity contribution >= 4 is 0 Å². The molecule has 4 nitrogen and oxygen atoms in total. The number of hydrogen-bond donors (Lipinski definition) is 1. The molecule has 0 fully saturated rings. The maximum Gasteiger partial charge on any atom is 0.0726 e. The molecular weight excluding hydrogens is 190 g/mol. The largest absolute Gasteiger partial charge is 0.377 e. The predicted molar refractivity (Wildman–Crippen MR) is 60.6 cm³/mol. The van der Waals surface area contributed by atoms with Crippen molar-refractivity contribution in [3.8, 4) is 0 Å². The number of ether oxygens (including phenoxy) is 1. The summed E-state index contributed by atoms with van der Waals surface area (Å²) in [6.45, 7) is 4.82. The van der Waals surface area contributed by atoms with Crippen LogP contribution in [0.15, 0.2) is 12.4 Å². The molecule has 1 aromatic heterocycles. The van der Waals surface area contributed by atoms with E-state index in [-0.39, 0.29) is 12.1 Å². The highest BCUT2D eigenvalue weighted by molar-refractivity contribution is 5.06. The third-order valence-electron chi connectivity index (χ3n) is 2.49. The van der Waals surface area contributed by atoms with Crippen LogP contribution >= 0.6 is 0 Å². The molecule has 0 saturated carbocycles. The van der Waals surface area contributed by atoms with E-state index in [1.165, 1.54) is 5.56 Å². The molecule has 15 heavy (non-hydrogen) atoms. The van der Waals surface area contributed by atoms with Crippen LogP contribution in [-0.2, 0) is 18.2 Å². The summed E-state index contributed by atoms with van der Waals surface area (Å²) in [6, 6.07) is 0.0548. The van der Waals surface area contributed by atoms with Crippen molar-refractivity contribution in [1.29, 1.82) is 0 Å². The summed E-state index contributed by atoms with van der Waals surface area (Å²) < 4.78 is 7.38. The van der Waals surface area contributed by atoms with E-state index in [1.807, 2.05) is 26.4 Å². The van der Waals surface area contributed by atoms with Gasteiger partial charge in [-0.2, -0.15) is 5.10 Å². The first-order chi connectivity index (χ1) is 7.17. The van der Waals surface area contributed by atoms with Crippen LogP contribution in [-0.4, -0.2) is 28.5 Å². The van der Waals surface area contributed by atoms with Crippen LogP contribution in [0.25, 0.3) is 0 Å². The van der Waals surface area contributed by atoms with Gasteiger partial charge in [-0.1, -0.05) is 6.92 Å². The number of aromatic nitrogens is 2. The fourth-order valence-corrected chi connectivity index (χ4v) is 1.74. The number of rotatable bonds is 6. The topological polar surface area (TPSA) is 53.1 Å². The Kier molecular flexibility index (Phi) is 4.78. The first-order valence-electron chi connectivity index (χ1n) is 5.52. The molecule has 2 N–H and O–H groups in total. The van der Waals surface area contributed by atoms with Gasteiger partial charge in [-0.25, -0.2) is 0 Å². The Balaban J connectivity index is 2.49. The average molecular weight is 211 g/mol. The second-order valence-corrected chi connectivity index (χ2v) is 3.79. The molecule has 0 saturated heterocycles. The SMILES string of the molecule is CCOC(CC)C(N)Cc1cnn(C)c1. The molecule has 0 amide bonds. The van der Waals surface area contributed by atoms with Crippen LogP contribution < -0.4 is 5.73 Å². The van der Waals surface area contributed by atoms with E-state index in [4.69, 9.17) is 10.5 Å². The third kappa shape index (κ3) is 3.64. The minimum atomic E-state index is 0.0548. The minimum Gasteiger partial charge on any atom is -0.377 e. The molecule has 0 aliphatic heterocycles. The van der Waals surface area contributed by atoms with E-state index in [2.05, 4.69) is 12.0 Å². The van der Waals surface area contributed by atoms with Gasteiger partial charge in [0.2, 0.25) is 0 Å². The molecule has 1 aromatic rings. The summed E-state index contributed by atoms with van der Waals surface area (Å²) in [6.07, 6.45) is 5.79. The van der Waals surface area contributed by atoms with E-state index < -0.39 is 0 Å². The number of nitrogens with two attached hydrogens (primary N) is 1. The van der Waals surface area contributed by atoms with Gasteiger partial charge in [-0.05, 0) is 25.3 Å². The molecule has 1 heterocycles. The van der Waals surface area contributed by atoms with E-state index in [0.29, 0.717) is 0 Å². The smallest absolute Gasteiger partial charge is 0.0726 e. The molecule has 1 rings (SSSR count). The van der Waals surface area contributed by atoms with Gasteiger partial charge in [0.1, 0.15) is 0 Å². The Bertz CT molecular complexity index is 285. The van der Waals surface area contributed by atoms with Crippen molar-refractivity contribution in [2.45, 2.75) is 38.8 Å². The van der Waals surface area contributed by atoms with Crippen LogP contribution in [0.2, 0.25) is 0 Å².